The fourth-order valence-corrected chi connectivity index (χ4v) is 2.61. The molecule has 0 spiro atoms. The Balaban J connectivity index is 0.00000288. The second kappa shape index (κ2) is 8.41. The molecule has 0 unspecified atom stereocenters. The summed E-state index contributed by atoms with van der Waals surface area (Å²) in [7, 11) is 4.60. The number of halogens is 2. The Bertz CT molecular complexity index is 604. The summed E-state index contributed by atoms with van der Waals surface area (Å²) in [4.78, 5) is 25.8. The van der Waals surface area contributed by atoms with Crippen LogP contribution in [0.2, 0.25) is 0 Å². The van der Waals surface area contributed by atoms with Crippen molar-refractivity contribution in [3.8, 4) is 0 Å². The summed E-state index contributed by atoms with van der Waals surface area (Å²) < 4.78 is 19.3. The summed E-state index contributed by atoms with van der Waals surface area (Å²) in [5.74, 6) is -1.36. The largest absolute Gasteiger partial charge is 0.368 e. The van der Waals surface area contributed by atoms with Crippen LogP contribution in [0.25, 0.3) is 0 Å². The van der Waals surface area contributed by atoms with E-state index in [9.17, 15) is 14.0 Å². The van der Waals surface area contributed by atoms with Gasteiger partial charge in [0.05, 0.1) is 5.56 Å². The lowest BCUT2D eigenvalue weighted by Gasteiger charge is -2.34. The van der Waals surface area contributed by atoms with Gasteiger partial charge in [-0.2, -0.15) is 0 Å². The van der Waals surface area contributed by atoms with Crippen LogP contribution in [0.1, 0.15) is 23.2 Å². The monoisotopic (exact) mass is 359 g/mol. The molecule has 1 heterocycles. The van der Waals surface area contributed by atoms with Gasteiger partial charge in [-0.1, -0.05) is 0 Å². The van der Waals surface area contributed by atoms with Gasteiger partial charge in [-0.3, -0.25) is 9.59 Å². The van der Waals surface area contributed by atoms with Crippen LogP contribution in [0, 0.1) is 5.82 Å². The average Bonchev–Trinajstić information content (AvgIpc) is 2.56. The molecule has 0 aliphatic carbocycles. The molecule has 0 bridgehead atoms. The standard InChI is InChI=1S/C16H22FN3O3.ClH/c1-20(2)14(21)12-10-11(4-5-13(12)17)19-15(22)16(23-3)6-8-18-9-7-16;/h4-5,10,18H,6-9H2,1-3H3,(H,19,22);1H. The molecule has 24 heavy (non-hydrogen) atoms. The van der Waals surface area contributed by atoms with E-state index >= 15 is 0 Å². The zero-order valence-corrected chi connectivity index (χ0v) is 14.8. The third-order valence-electron chi connectivity index (χ3n) is 4.08. The number of rotatable bonds is 4. The van der Waals surface area contributed by atoms with Gasteiger partial charge in [0.1, 0.15) is 11.4 Å². The van der Waals surface area contributed by atoms with E-state index in [0.29, 0.717) is 31.6 Å². The van der Waals surface area contributed by atoms with Crippen molar-refractivity contribution in [2.75, 3.05) is 39.6 Å². The number of ether oxygens (including phenoxy) is 1. The third-order valence-corrected chi connectivity index (χ3v) is 4.08. The molecular formula is C16H23ClFN3O3. The number of piperidine rings is 1. The molecule has 2 N–H and O–H groups in total. The van der Waals surface area contributed by atoms with E-state index in [2.05, 4.69) is 10.6 Å². The highest BCUT2D eigenvalue weighted by Crippen LogP contribution is 2.25. The van der Waals surface area contributed by atoms with Gasteiger partial charge in [0, 0.05) is 26.9 Å². The number of methoxy groups -OCH3 is 1. The number of amides is 2. The van der Waals surface area contributed by atoms with Crippen LogP contribution in [-0.4, -0.2) is 56.6 Å². The van der Waals surface area contributed by atoms with Gasteiger partial charge in [0.25, 0.3) is 11.8 Å². The summed E-state index contributed by atoms with van der Waals surface area (Å²) >= 11 is 0. The molecule has 8 heteroatoms. The summed E-state index contributed by atoms with van der Waals surface area (Å²) in [6.07, 6.45) is 1.11. The van der Waals surface area contributed by atoms with Crippen molar-refractivity contribution in [2.24, 2.45) is 0 Å². The van der Waals surface area contributed by atoms with E-state index in [1.807, 2.05) is 0 Å². The lowest BCUT2D eigenvalue weighted by molar-refractivity contribution is -0.140. The Labute approximate surface area is 147 Å². The molecule has 1 aliphatic rings. The third kappa shape index (κ3) is 4.23. The van der Waals surface area contributed by atoms with E-state index in [1.165, 1.54) is 30.2 Å². The van der Waals surface area contributed by atoms with Crippen LogP contribution in [0.5, 0.6) is 0 Å². The van der Waals surface area contributed by atoms with Crippen LogP contribution >= 0.6 is 12.4 Å². The predicted molar refractivity (Wildman–Crippen MR) is 92.1 cm³/mol. The maximum Gasteiger partial charge on any atom is 0.256 e. The molecular weight excluding hydrogens is 337 g/mol. The number of carbonyl (C=O) groups excluding carboxylic acids is 2. The van der Waals surface area contributed by atoms with Gasteiger partial charge in [-0.05, 0) is 44.1 Å². The zero-order valence-electron chi connectivity index (χ0n) is 14.0. The molecule has 1 aliphatic heterocycles. The van der Waals surface area contributed by atoms with Gasteiger partial charge in [-0.25, -0.2) is 4.39 Å². The molecule has 2 rings (SSSR count). The lowest BCUT2D eigenvalue weighted by Crippen LogP contribution is -2.51. The fourth-order valence-electron chi connectivity index (χ4n) is 2.61. The van der Waals surface area contributed by atoms with Crippen LogP contribution in [0.3, 0.4) is 0 Å². The Morgan fingerprint density at radius 3 is 2.46 bits per heavy atom. The molecule has 6 nitrogen and oxygen atoms in total. The maximum absolute atomic E-state index is 13.8. The van der Waals surface area contributed by atoms with Crippen molar-refractivity contribution in [1.82, 2.24) is 10.2 Å². The summed E-state index contributed by atoms with van der Waals surface area (Å²) in [6.45, 7) is 1.38. The number of benzene rings is 1. The Kier molecular flexibility index (Phi) is 7.13. The van der Waals surface area contributed by atoms with Crippen LogP contribution in [-0.2, 0) is 9.53 Å². The quantitative estimate of drug-likeness (QED) is 0.857. The fraction of sp³-hybridized carbons (Fsp3) is 0.500. The minimum Gasteiger partial charge on any atom is -0.368 e. The number of carbonyl (C=O) groups is 2. The Morgan fingerprint density at radius 1 is 1.29 bits per heavy atom. The van der Waals surface area contributed by atoms with Crippen molar-refractivity contribution in [3.05, 3.63) is 29.6 Å². The normalized spacial score (nSPS) is 16.0. The first-order valence-electron chi connectivity index (χ1n) is 7.48. The number of hydrogen-bond donors (Lipinski definition) is 2. The van der Waals surface area contributed by atoms with E-state index in [1.54, 1.807) is 14.1 Å². The minimum absolute atomic E-state index is 0. The number of nitrogens with zero attached hydrogens (tertiary/aromatic N) is 1. The first kappa shape index (κ1) is 20.3. The van der Waals surface area contributed by atoms with Gasteiger partial charge in [-0.15, -0.1) is 12.4 Å². The smallest absolute Gasteiger partial charge is 0.256 e. The SMILES string of the molecule is COC1(C(=O)Nc2ccc(F)c(C(=O)N(C)C)c2)CCNCC1.Cl. The van der Waals surface area contributed by atoms with Crippen LogP contribution in [0.4, 0.5) is 10.1 Å². The van der Waals surface area contributed by atoms with Crippen molar-refractivity contribution in [2.45, 2.75) is 18.4 Å². The Hall–Kier alpha value is -1.70. The number of anilines is 1. The molecule has 0 radical (unpaired) electrons. The summed E-state index contributed by atoms with van der Waals surface area (Å²) in [5.41, 5.74) is -0.605. The van der Waals surface area contributed by atoms with Crippen molar-refractivity contribution >= 4 is 29.9 Å². The van der Waals surface area contributed by atoms with Crippen molar-refractivity contribution in [3.63, 3.8) is 0 Å². The number of nitrogens with one attached hydrogen (secondary N) is 2. The topological polar surface area (TPSA) is 70.7 Å². The molecule has 0 atom stereocenters. The highest BCUT2D eigenvalue weighted by molar-refractivity contribution is 6.00. The van der Waals surface area contributed by atoms with E-state index in [-0.39, 0.29) is 23.9 Å². The van der Waals surface area contributed by atoms with Gasteiger partial charge in [0.15, 0.2) is 0 Å². The maximum atomic E-state index is 13.8. The summed E-state index contributed by atoms with van der Waals surface area (Å²) in [6, 6.07) is 3.96. The second-order valence-electron chi connectivity index (χ2n) is 5.80. The Morgan fingerprint density at radius 2 is 1.92 bits per heavy atom. The highest BCUT2D eigenvalue weighted by Gasteiger charge is 2.39. The molecule has 134 valence electrons. The average molecular weight is 360 g/mol. The van der Waals surface area contributed by atoms with E-state index in [4.69, 9.17) is 4.74 Å². The van der Waals surface area contributed by atoms with Crippen molar-refractivity contribution in [1.29, 1.82) is 0 Å². The van der Waals surface area contributed by atoms with Crippen molar-refractivity contribution < 1.29 is 18.7 Å². The minimum atomic E-state index is -0.897. The molecule has 2 amide bonds. The van der Waals surface area contributed by atoms with E-state index in [0.717, 1.165) is 0 Å². The first-order valence-corrected chi connectivity index (χ1v) is 7.48. The molecule has 0 aromatic heterocycles. The van der Waals surface area contributed by atoms with E-state index < -0.39 is 17.3 Å². The molecule has 1 fully saturated rings. The molecule has 1 saturated heterocycles. The highest BCUT2D eigenvalue weighted by atomic mass is 35.5. The second-order valence-corrected chi connectivity index (χ2v) is 5.80. The lowest BCUT2D eigenvalue weighted by atomic mass is 9.91. The molecule has 0 saturated carbocycles. The number of hydrogen-bond acceptors (Lipinski definition) is 4. The summed E-state index contributed by atoms with van der Waals surface area (Å²) in [5, 5.41) is 5.91. The van der Waals surface area contributed by atoms with Gasteiger partial charge < -0.3 is 20.3 Å². The van der Waals surface area contributed by atoms with Gasteiger partial charge in [0.2, 0.25) is 0 Å². The first-order chi connectivity index (χ1) is 10.9. The molecule has 1 aromatic carbocycles. The zero-order chi connectivity index (χ0) is 17.0. The van der Waals surface area contributed by atoms with Gasteiger partial charge >= 0.3 is 0 Å². The predicted octanol–water partition coefficient (Wildman–Crippen LogP) is 1.66. The molecule has 1 aromatic rings. The van der Waals surface area contributed by atoms with Crippen LogP contribution in [0.15, 0.2) is 18.2 Å². The van der Waals surface area contributed by atoms with Crippen LogP contribution < -0.4 is 10.6 Å².